The van der Waals surface area contributed by atoms with Gasteiger partial charge in [-0.15, -0.1) is 0 Å². The molecule has 0 spiro atoms. The minimum absolute atomic E-state index is 0.107. The number of sulfonamides is 1. The van der Waals surface area contributed by atoms with Crippen LogP contribution in [0.3, 0.4) is 0 Å². The molecular formula is C11H13N3O3S2. The van der Waals surface area contributed by atoms with Crippen molar-refractivity contribution in [3.63, 3.8) is 0 Å². The Morgan fingerprint density at radius 1 is 1.42 bits per heavy atom. The maximum Gasteiger partial charge on any atom is 0.243 e. The molecule has 1 aliphatic rings. The molecule has 6 nitrogen and oxygen atoms in total. The Balaban J connectivity index is 2.19. The van der Waals surface area contributed by atoms with Crippen molar-refractivity contribution in [2.75, 3.05) is 11.5 Å². The van der Waals surface area contributed by atoms with Gasteiger partial charge in [0.2, 0.25) is 10.0 Å². The Hall–Kier alpha value is -1.30. The number of pyridine rings is 1. The van der Waals surface area contributed by atoms with E-state index >= 15 is 0 Å². The van der Waals surface area contributed by atoms with Gasteiger partial charge < -0.3 is 0 Å². The number of aromatic nitrogens is 1. The summed E-state index contributed by atoms with van der Waals surface area (Å²) in [7, 11) is -4.59. The van der Waals surface area contributed by atoms with E-state index in [4.69, 9.17) is 5.26 Å². The van der Waals surface area contributed by atoms with E-state index in [2.05, 4.69) is 9.71 Å². The molecule has 8 heteroatoms. The lowest BCUT2D eigenvalue weighted by Crippen LogP contribution is -2.39. The number of nitriles is 1. The second kappa shape index (κ2) is 5.77. The third-order valence-electron chi connectivity index (χ3n) is 2.88. The molecule has 0 atom stereocenters. The van der Waals surface area contributed by atoms with Crippen LogP contribution in [0, 0.1) is 11.3 Å². The molecule has 0 bridgehead atoms. The van der Waals surface area contributed by atoms with E-state index in [1.54, 1.807) is 6.07 Å². The molecule has 1 aromatic rings. The van der Waals surface area contributed by atoms with Crippen LogP contribution in [0.1, 0.15) is 18.5 Å². The first-order valence-electron chi connectivity index (χ1n) is 5.75. The zero-order valence-electron chi connectivity index (χ0n) is 10.1. The summed E-state index contributed by atoms with van der Waals surface area (Å²) in [5.74, 6) is 1.01. The van der Waals surface area contributed by atoms with Crippen LogP contribution in [0.5, 0.6) is 0 Å². The van der Waals surface area contributed by atoms with E-state index in [0.717, 1.165) is 0 Å². The molecule has 1 N–H and O–H groups in total. The van der Waals surface area contributed by atoms with Crippen LogP contribution in [-0.4, -0.2) is 35.2 Å². The van der Waals surface area contributed by atoms with Gasteiger partial charge in [-0.05, 0) is 25.0 Å². The van der Waals surface area contributed by atoms with Gasteiger partial charge in [-0.3, -0.25) is 4.21 Å². The molecule has 0 aliphatic carbocycles. The third kappa shape index (κ3) is 3.37. The van der Waals surface area contributed by atoms with Crippen molar-refractivity contribution in [2.24, 2.45) is 0 Å². The van der Waals surface area contributed by atoms with Gasteiger partial charge in [-0.25, -0.2) is 18.1 Å². The monoisotopic (exact) mass is 299 g/mol. The van der Waals surface area contributed by atoms with E-state index in [0.29, 0.717) is 24.3 Å². The number of nitrogens with zero attached hydrogens (tertiary/aromatic N) is 2. The Morgan fingerprint density at radius 2 is 2.11 bits per heavy atom. The van der Waals surface area contributed by atoms with Crippen LogP contribution < -0.4 is 4.72 Å². The number of hydrogen-bond donors (Lipinski definition) is 1. The third-order valence-corrected chi connectivity index (χ3v) is 5.81. The summed E-state index contributed by atoms with van der Waals surface area (Å²) >= 11 is 0. The van der Waals surface area contributed by atoms with Gasteiger partial charge in [-0.2, -0.15) is 5.26 Å². The van der Waals surface area contributed by atoms with Crippen molar-refractivity contribution < 1.29 is 12.6 Å². The van der Waals surface area contributed by atoms with Crippen molar-refractivity contribution in [1.82, 2.24) is 9.71 Å². The molecule has 1 aliphatic heterocycles. The van der Waals surface area contributed by atoms with Crippen molar-refractivity contribution in [2.45, 2.75) is 23.8 Å². The summed E-state index contributed by atoms with van der Waals surface area (Å²) in [5, 5.41) is 8.88. The maximum absolute atomic E-state index is 12.2. The molecular weight excluding hydrogens is 286 g/mol. The zero-order valence-corrected chi connectivity index (χ0v) is 11.7. The van der Waals surface area contributed by atoms with Crippen molar-refractivity contribution in [3.05, 3.63) is 24.0 Å². The highest BCUT2D eigenvalue weighted by Gasteiger charge is 2.26. The summed E-state index contributed by atoms with van der Waals surface area (Å²) < 4.78 is 38.1. The molecule has 102 valence electrons. The van der Waals surface area contributed by atoms with Crippen LogP contribution in [0.4, 0.5) is 0 Å². The van der Waals surface area contributed by atoms with Gasteiger partial charge in [0.05, 0.1) is 0 Å². The van der Waals surface area contributed by atoms with Gasteiger partial charge in [0, 0.05) is 34.5 Å². The first-order valence-corrected chi connectivity index (χ1v) is 8.72. The summed E-state index contributed by atoms with van der Waals surface area (Å²) in [6, 6.07) is 4.37. The van der Waals surface area contributed by atoms with Gasteiger partial charge in [-0.1, -0.05) is 0 Å². The highest BCUT2D eigenvalue weighted by Crippen LogP contribution is 2.16. The predicted molar refractivity (Wildman–Crippen MR) is 70.2 cm³/mol. The topological polar surface area (TPSA) is 99.9 Å². The quantitative estimate of drug-likeness (QED) is 0.856. The van der Waals surface area contributed by atoms with Crippen LogP contribution >= 0.6 is 0 Å². The number of nitrogens with one attached hydrogen (secondary N) is 1. The van der Waals surface area contributed by atoms with Gasteiger partial charge in [0.1, 0.15) is 11.0 Å². The first-order chi connectivity index (χ1) is 9.03. The molecule has 2 rings (SSSR count). The van der Waals surface area contributed by atoms with Crippen molar-refractivity contribution in [1.29, 1.82) is 5.26 Å². The lowest BCUT2D eigenvalue weighted by molar-refractivity contribution is 0.521. The highest BCUT2D eigenvalue weighted by molar-refractivity contribution is 7.89. The normalized spacial score (nSPS) is 23.7. The van der Waals surface area contributed by atoms with Crippen molar-refractivity contribution in [3.8, 4) is 6.07 Å². The Labute approximate surface area is 114 Å². The van der Waals surface area contributed by atoms with E-state index in [1.807, 2.05) is 0 Å². The molecule has 0 unspecified atom stereocenters. The SMILES string of the molecule is N#Cc1ncccc1S(=O)(=O)NC1CCS(=O)CC1. The molecule has 0 radical (unpaired) electrons. The van der Waals surface area contributed by atoms with Crippen molar-refractivity contribution >= 4 is 20.8 Å². The lowest BCUT2D eigenvalue weighted by atomic mass is 10.2. The average molecular weight is 299 g/mol. The highest BCUT2D eigenvalue weighted by atomic mass is 32.2. The Bertz CT molecular complexity index is 627. The fourth-order valence-electron chi connectivity index (χ4n) is 1.89. The van der Waals surface area contributed by atoms with Crippen LogP contribution in [0.15, 0.2) is 23.2 Å². The van der Waals surface area contributed by atoms with Crippen LogP contribution in [-0.2, 0) is 20.8 Å². The van der Waals surface area contributed by atoms with E-state index in [9.17, 15) is 12.6 Å². The van der Waals surface area contributed by atoms with Gasteiger partial charge >= 0.3 is 0 Å². The standard InChI is InChI=1S/C11H13N3O3S2/c12-8-10-11(2-1-5-13-10)19(16,17)14-9-3-6-18(15)7-4-9/h1-2,5,9,14H,3-4,6-7H2. The molecule has 0 saturated carbocycles. The molecule has 19 heavy (non-hydrogen) atoms. The first kappa shape index (κ1) is 14.1. The molecule has 1 fully saturated rings. The number of hydrogen-bond acceptors (Lipinski definition) is 5. The van der Waals surface area contributed by atoms with Gasteiger partial charge in [0.25, 0.3) is 0 Å². The smallest absolute Gasteiger partial charge is 0.243 e. The minimum atomic E-state index is -3.75. The lowest BCUT2D eigenvalue weighted by Gasteiger charge is -2.22. The summed E-state index contributed by atoms with van der Waals surface area (Å²) in [5.41, 5.74) is -0.116. The van der Waals surface area contributed by atoms with Gasteiger partial charge in [0.15, 0.2) is 5.69 Å². The largest absolute Gasteiger partial charge is 0.260 e. The Morgan fingerprint density at radius 3 is 2.74 bits per heavy atom. The van der Waals surface area contributed by atoms with Crippen LogP contribution in [0.2, 0.25) is 0 Å². The fraction of sp³-hybridized carbons (Fsp3) is 0.455. The molecule has 0 aromatic carbocycles. The molecule has 1 aromatic heterocycles. The Kier molecular flexibility index (Phi) is 4.29. The molecule has 0 amide bonds. The second-order valence-electron chi connectivity index (χ2n) is 4.21. The predicted octanol–water partition coefficient (Wildman–Crippen LogP) is 0.143. The second-order valence-corrected chi connectivity index (χ2v) is 7.58. The molecule has 2 heterocycles. The molecule has 1 saturated heterocycles. The number of rotatable bonds is 3. The summed E-state index contributed by atoms with van der Waals surface area (Å²) in [6.45, 7) is 0. The van der Waals surface area contributed by atoms with Crippen LogP contribution in [0.25, 0.3) is 0 Å². The fourth-order valence-corrected chi connectivity index (χ4v) is 4.60. The van der Waals surface area contributed by atoms with E-state index < -0.39 is 20.8 Å². The zero-order chi connectivity index (χ0) is 13.9. The average Bonchev–Trinajstić information content (AvgIpc) is 2.41. The van der Waals surface area contributed by atoms with E-state index in [1.165, 1.54) is 18.3 Å². The minimum Gasteiger partial charge on any atom is -0.260 e. The maximum atomic E-state index is 12.2. The summed E-state index contributed by atoms with van der Waals surface area (Å²) in [4.78, 5) is 3.63. The summed E-state index contributed by atoms with van der Waals surface area (Å²) in [6.07, 6.45) is 2.48. The van der Waals surface area contributed by atoms with E-state index in [-0.39, 0.29) is 16.6 Å².